The molecule has 0 N–H and O–H groups in total. The number of hydrogen-bond acceptors (Lipinski definition) is 3. The molecule has 0 fully saturated rings. The van der Waals surface area contributed by atoms with E-state index in [1.54, 1.807) is 0 Å². The molecule has 1 atom stereocenters. The van der Waals surface area contributed by atoms with Gasteiger partial charge in [0.05, 0.1) is 0 Å². The summed E-state index contributed by atoms with van der Waals surface area (Å²) in [4.78, 5) is 0. The van der Waals surface area contributed by atoms with Gasteiger partial charge >= 0.3 is 0 Å². The Kier molecular flexibility index (Phi) is 20.4. The maximum Gasteiger partial charge on any atom is 0.285 e. The Labute approximate surface area is 183 Å². The lowest BCUT2D eigenvalue weighted by atomic mass is 9.91. The molecule has 3 nitrogen and oxygen atoms in total. The Bertz CT molecular complexity index is 266. The van der Waals surface area contributed by atoms with Crippen LogP contribution in [0.1, 0.15) is 111 Å². The summed E-state index contributed by atoms with van der Waals surface area (Å²) >= 11 is 2.47. The van der Waals surface area contributed by atoms with Crippen molar-refractivity contribution in [1.29, 1.82) is 0 Å². The van der Waals surface area contributed by atoms with Crippen LogP contribution >= 0.6 is 22.6 Å². The van der Waals surface area contributed by atoms with Gasteiger partial charge in [0, 0.05) is 25.7 Å². The second-order valence-electron chi connectivity index (χ2n) is 7.40. The standard InChI is InChI=1S/C23H47IO3/c1-5-9-10-11-13-16-19-22(20-17-14-12-15-18-21-24)23(25-6-2,26-7-3)27-8-4/h22H,5-21H2,1-4H3. The highest BCUT2D eigenvalue weighted by Gasteiger charge is 2.41. The van der Waals surface area contributed by atoms with Crippen LogP contribution < -0.4 is 0 Å². The highest BCUT2D eigenvalue weighted by Crippen LogP contribution is 2.34. The van der Waals surface area contributed by atoms with Crippen LogP contribution in [0.4, 0.5) is 0 Å². The Morgan fingerprint density at radius 2 is 1.00 bits per heavy atom. The van der Waals surface area contributed by atoms with Crippen LogP contribution in [0.2, 0.25) is 0 Å². The normalized spacial score (nSPS) is 13.2. The molecule has 0 spiro atoms. The van der Waals surface area contributed by atoms with Gasteiger partial charge in [-0.3, -0.25) is 0 Å². The quantitative estimate of drug-likeness (QED) is 0.0697. The van der Waals surface area contributed by atoms with Gasteiger partial charge in [0.2, 0.25) is 0 Å². The van der Waals surface area contributed by atoms with Gasteiger partial charge in [0.1, 0.15) is 0 Å². The van der Waals surface area contributed by atoms with E-state index in [9.17, 15) is 0 Å². The molecule has 0 aromatic carbocycles. The molecule has 27 heavy (non-hydrogen) atoms. The SMILES string of the molecule is CCCCCCCCC(CCCCCCCI)C(OCC)(OCC)OCC. The highest BCUT2D eigenvalue weighted by molar-refractivity contribution is 14.1. The summed E-state index contributed by atoms with van der Waals surface area (Å²) in [6.07, 6.45) is 16.8. The van der Waals surface area contributed by atoms with Gasteiger partial charge in [0.15, 0.2) is 0 Å². The van der Waals surface area contributed by atoms with E-state index < -0.39 is 5.97 Å². The van der Waals surface area contributed by atoms with Crippen LogP contribution in [0.15, 0.2) is 0 Å². The maximum atomic E-state index is 6.12. The van der Waals surface area contributed by atoms with E-state index in [1.165, 1.54) is 75.1 Å². The molecule has 4 heteroatoms. The largest absolute Gasteiger partial charge is 0.328 e. The van der Waals surface area contributed by atoms with Crippen molar-refractivity contribution in [1.82, 2.24) is 0 Å². The summed E-state index contributed by atoms with van der Waals surface area (Å²) in [6, 6.07) is 0. The van der Waals surface area contributed by atoms with Gasteiger partial charge in [0.25, 0.3) is 5.97 Å². The minimum atomic E-state index is -0.843. The lowest BCUT2D eigenvalue weighted by molar-refractivity contribution is -0.403. The molecule has 0 aromatic heterocycles. The average Bonchev–Trinajstić information content (AvgIpc) is 2.66. The number of unbranched alkanes of at least 4 members (excludes halogenated alkanes) is 9. The fourth-order valence-corrected chi connectivity index (χ4v) is 4.31. The third-order valence-electron chi connectivity index (χ3n) is 5.13. The molecule has 0 aliphatic rings. The maximum absolute atomic E-state index is 6.12. The van der Waals surface area contributed by atoms with Gasteiger partial charge in [-0.15, -0.1) is 0 Å². The molecule has 0 amide bonds. The van der Waals surface area contributed by atoms with Crippen molar-refractivity contribution in [3.05, 3.63) is 0 Å². The minimum absolute atomic E-state index is 0.327. The number of alkyl halides is 1. The molecule has 0 saturated heterocycles. The third kappa shape index (κ3) is 13.5. The zero-order valence-corrected chi connectivity index (χ0v) is 20.9. The van der Waals surface area contributed by atoms with Gasteiger partial charge < -0.3 is 14.2 Å². The van der Waals surface area contributed by atoms with E-state index in [0.717, 1.165) is 12.8 Å². The molecule has 0 heterocycles. The molecule has 164 valence electrons. The molecule has 0 aliphatic heterocycles. The second kappa shape index (κ2) is 19.9. The molecule has 0 aliphatic carbocycles. The predicted octanol–water partition coefficient (Wildman–Crippen LogP) is 7.89. The van der Waals surface area contributed by atoms with E-state index in [1.807, 2.05) is 20.8 Å². The summed E-state index contributed by atoms with van der Waals surface area (Å²) in [7, 11) is 0. The molecule has 0 aromatic rings. The topological polar surface area (TPSA) is 27.7 Å². The fraction of sp³-hybridized carbons (Fsp3) is 1.00. The van der Waals surface area contributed by atoms with Crippen molar-refractivity contribution in [2.24, 2.45) is 5.92 Å². The van der Waals surface area contributed by atoms with Crippen molar-refractivity contribution < 1.29 is 14.2 Å². The number of hydrogen-bond donors (Lipinski definition) is 0. The molecule has 0 radical (unpaired) electrons. The van der Waals surface area contributed by atoms with Gasteiger partial charge in [-0.1, -0.05) is 93.7 Å². The lowest BCUT2D eigenvalue weighted by Crippen LogP contribution is -2.46. The summed E-state index contributed by atoms with van der Waals surface area (Å²) in [5.74, 6) is -0.516. The van der Waals surface area contributed by atoms with Gasteiger partial charge in [-0.2, -0.15) is 0 Å². The fourth-order valence-electron chi connectivity index (χ4n) is 3.77. The van der Waals surface area contributed by atoms with Crippen LogP contribution in [0.3, 0.4) is 0 Å². The van der Waals surface area contributed by atoms with Gasteiger partial charge in [-0.25, -0.2) is 0 Å². The first-order valence-corrected chi connectivity index (χ1v) is 13.2. The van der Waals surface area contributed by atoms with Crippen LogP contribution in [-0.4, -0.2) is 30.2 Å². The zero-order valence-electron chi connectivity index (χ0n) is 18.7. The lowest BCUT2D eigenvalue weighted by Gasteiger charge is -2.39. The van der Waals surface area contributed by atoms with E-state index in [2.05, 4.69) is 29.5 Å². The molecule has 0 bridgehead atoms. The summed E-state index contributed by atoms with van der Waals surface area (Å²) in [6.45, 7) is 10.3. The van der Waals surface area contributed by atoms with Crippen molar-refractivity contribution in [2.45, 2.75) is 117 Å². The minimum Gasteiger partial charge on any atom is -0.328 e. The van der Waals surface area contributed by atoms with Crippen LogP contribution in [-0.2, 0) is 14.2 Å². The average molecular weight is 499 g/mol. The van der Waals surface area contributed by atoms with Crippen LogP contribution in [0.5, 0.6) is 0 Å². The Morgan fingerprint density at radius 3 is 1.41 bits per heavy atom. The van der Waals surface area contributed by atoms with E-state index in [-0.39, 0.29) is 0 Å². The highest BCUT2D eigenvalue weighted by atomic mass is 127. The first-order chi connectivity index (χ1) is 13.2. The molecular weight excluding hydrogens is 451 g/mol. The van der Waals surface area contributed by atoms with Crippen molar-refractivity contribution in [3.8, 4) is 0 Å². The molecular formula is C23H47IO3. The Balaban J connectivity index is 4.71. The smallest absolute Gasteiger partial charge is 0.285 e. The van der Waals surface area contributed by atoms with Crippen molar-refractivity contribution >= 4 is 22.6 Å². The Hall–Kier alpha value is 0.610. The van der Waals surface area contributed by atoms with Crippen LogP contribution in [0, 0.1) is 5.92 Å². The predicted molar refractivity (Wildman–Crippen MR) is 126 cm³/mol. The number of halogens is 1. The molecule has 0 saturated carbocycles. The number of rotatable bonds is 21. The number of ether oxygens (including phenoxy) is 3. The Morgan fingerprint density at radius 1 is 0.593 bits per heavy atom. The third-order valence-corrected chi connectivity index (χ3v) is 5.89. The second-order valence-corrected chi connectivity index (χ2v) is 8.48. The summed E-state index contributed by atoms with van der Waals surface area (Å²) in [5, 5.41) is 0. The van der Waals surface area contributed by atoms with E-state index in [4.69, 9.17) is 14.2 Å². The first-order valence-electron chi connectivity index (χ1n) is 11.7. The van der Waals surface area contributed by atoms with E-state index >= 15 is 0 Å². The van der Waals surface area contributed by atoms with Crippen molar-refractivity contribution in [3.63, 3.8) is 0 Å². The van der Waals surface area contributed by atoms with Gasteiger partial charge in [-0.05, 0) is 44.5 Å². The molecule has 0 rings (SSSR count). The first kappa shape index (κ1) is 27.6. The van der Waals surface area contributed by atoms with Crippen LogP contribution in [0.25, 0.3) is 0 Å². The summed E-state index contributed by atoms with van der Waals surface area (Å²) in [5.41, 5.74) is 0. The van der Waals surface area contributed by atoms with Crippen molar-refractivity contribution in [2.75, 3.05) is 24.2 Å². The monoisotopic (exact) mass is 498 g/mol. The zero-order chi connectivity index (χ0) is 20.2. The summed E-state index contributed by atoms with van der Waals surface area (Å²) < 4.78 is 19.6. The molecule has 1 unspecified atom stereocenters. The van der Waals surface area contributed by atoms with E-state index in [0.29, 0.717) is 25.7 Å².